The van der Waals surface area contributed by atoms with Crippen molar-refractivity contribution in [3.05, 3.63) is 48.0 Å². The highest BCUT2D eigenvalue weighted by Crippen LogP contribution is 2.26. The molecular weight excluding hydrogens is 256 g/mol. The predicted molar refractivity (Wildman–Crippen MR) is 80.0 cm³/mol. The lowest BCUT2D eigenvalue weighted by atomic mass is 9.97. The molecule has 104 valence electrons. The van der Waals surface area contributed by atoms with Gasteiger partial charge in [0.2, 0.25) is 0 Å². The third kappa shape index (κ3) is 4.65. The van der Waals surface area contributed by atoms with Crippen LogP contribution in [-0.2, 0) is 20.4 Å². The van der Waals surface area contributed by atoms with Crippen molar-refractivity contribution in [3.8, 4) is 0 Å². The normalized spacial score (nSPS) is 13.8. The molecule has 3 nitrogen and oxygen atoms in total. The first kappa shape index (κ1) is 15.7. The zero-order chi connectivity index (χ0) is 14.3. The summed E-state index contributed by atoms with van der Waals surface area (Å²) in [5, 5.41) is 0. The van der Waals surface area contributed by atoms with Crippen LogP contribution in [0.4, 0.5) is 0 Å². The van der Waals surface area contributed by atoms with E-state index < -0.39 is 0 Å². The molecule has 0 aliphatic carbocycles. The van der Waals surface area contributed by atoms with E-state index in [0.29, 0.717) is 0 Å². The molecule has 1 aromatic carbocycles. The van der Waals surface area contributed by atoms with Gasteiger partial charge in [0.25, 0.3) is 0 Å². The van der Waals surface area contributed by atoms with Gasteiger partial charge in [-0.15, -0.1) is 0 Å². The third-order valence-electron chi connectivity index (χ3n) is 3.11. The Morgan fingerprint density at radius 3 is 2.74 bits per heavy atom. The molecule has 0 radical (unpaired) electrons. The Labute approximate surface area is 118 Å². The van der Waals surface area contributed by atoms with E-state index in [2.05, 4.69) is 19.6 Å². The van der Waals surface area contributed by atoms with Crippen molar-refractivity contribution in [1.29, 1.82) is 0 Å². The van der Waals surface area contributed by atoms with Gasteiger partial charge in [-0.1, -0.05) is 37.8 Å². The first-order chi connectivity index (χ1) is 9.12. The summed E-state index contributed by atoms with van der Waals surface area (Å²) in [6, 6.07) is 8.05. The summed E-state index contributed by atoms with van der Waals surface area (Å²) in [4.78, 5) is 11.4. The van der Waals surface area contributed by atoms with Gasteiger partial charge in [-0.05, 0) is 30.9 Å². The number of benzene rings is 1. The average molecular weight is 278 g/mol. The maximum Gasteiger partial charge on any atom is 0.330 e. The van der Waals surface area contributed by atoms with Gasteiger partial charge in [-0.25, -0.2) is 4.79 Å². The van der Waals surface area contributed by atoms with Crippen molar-refractivity contribution >= 4 is 16.5 Å². The highest BCUT2D eigenvalue weighted by atomic mass is 28.2. The molecule has 0 aliphatic rings. The van der Waals surface area contributed by atoms with Crippen LogP contribution in [0.5, 0.6) is 0 Å². The second kappa shape index (κ2) is 7.91. The maximum atomic E-state index is 11.4. The summed E-state index contributed by atoms with van der Waals surface area (Å²) in [5.41, 5.74) is 2.24. The third-order valence-corrected chi connectivity index (χ3v) is 3.91. The summed E-state index contributed by atoms with van der Waals surface area (Å²) in [7, 11) is 0.729. The van der Waals surface area contributed by atoms with Crippen LogP contribution >= 0.6 is 0 Å². The minimum atomic E-state index is -0.381. The van der Waals surface area contributed by atoms with Crippen molar-refractivity contribution in [2.75, 3.05) is 0 Å². The Morgan fingerprint density at radius 1 is 1.47 bits per heavy atom. The van der Waals surface area contributed by atoms with E-state index >= 15 is 0 Å². The molecule has 0 amide bonds. The smallest absolute Gasteiger partial charge is 0.330 e. The van der Waals surface area contributed by atoms with E-state index in [1.165, 1.54) is 11.6 Å². The number of hydrogen-bond acceptors (Lipinski definition) is 3. The Bertz CT molecular complexity index is 431. The molecule has 2 atom stereocenters. The lowest BCUT2D eigenvalue weighted by Crippen LogP contribution is -2.15. The molecule has 0 N–H and O–H groups in total. The molecule has 1 rings (SSSR count). The van der Waals surface area contributed by atoms with Crippen LogP contribution in [0.2, 0.25) is 0 Å². The zero-order valence-corrected chi connectivity index (χ0v) is 13.9. The number of carbonyl (C=O) groups is 1. The van der Waals surface area contributed by atoms with Crippen molar-refractivity contribution in [1.82, 2.24) is 0 Å². The Morgan fingerprint density at radius 2 is 2.16 bits per heavy atom. The Balaban J connectivity index is 2.95. The Hall–Kier alpha value is -1.39. The topological polar surface area (TPSA) is 35.5 Å². The van der Waals surface area contributed by atoms with E-state index in [4.69, 9.17) is 9.16 Å². The van der Waals surface area contributed by atoms with E-state index in [1.807, 2.05) is 25.1 Å². The molecule has 1 aromatic rings. The molecule has 0 saturated heterocycles. The second-order valence-corrected chi connectivity index (χ2v) is 4.96. The van der Waals surface area contributed by atoms with Crippen molar-refractivity contribution in [2.45, 2.75) is 38.9 Å². The number of rotatable bonds is 7. The number of ether oxygens (including phenoxy) is 1. The van der Waals surface area contributed by atoms with Gasteiger partial charge in [-0.3, -0.25) is 0 Å². The minimum absolute atomic E-state index is 0.195. The van der Waals surface area contributed by atoms with E-state index in [0.717, 1.165) is 28.9 Å². The zero-order valence-electron chi connectivity index (χ0n) is 11.9. The second-order valence-electron chi connectivity index (χ2n) is 4.49. The summed E-state index contributed by atoms with van der Waals surface area (Å²) in [5.74, 6) is -0.381. The van der Waals surface area contributed by atoms with Crippen LogP contribution in [0.25, 0.3) is 0 Å². The fourth-order valence-corrected chi connectivity index (χ4v) is 2.15. The molecule has 0 bridgehead atoms. The molecule has 0 heterocycles. The van der Waals surface area contributed by atoms with Gasteiger partial charge in [0.1, 0.15) is 16.6 Å². The van der Waals surface area contributed by atoms with Crippen molar-refractivity contribution in [3.63, 3.8) is 0 Å². The van der Waals surface area contributed by atoms with Crippen LogP contribution in [0.15, 0.2) is 36.9 Å². The number of carbonyl (C=O) groups excluding carboxylic acids is 1. The van der Waals surface area contributed by atoms with Gasteiger partial charge in [-0.2, -0.15) is 0 Å². The number of hydrogen-bond donors (Lipinski definition) is 0. The largest absolute Gasteiger partial charge is 0.454 e. The molecule has 0 spiro atoms. The quantitative estimate of drug-likeness (QED) is 0.435. The van der Waals surface area contributed by atoms with Crippen LogP contribution in [-0.4, -0.2) is 22.6 Å². The van der Waals surface area contributed by atoms with Gasteiger partial charge < -0.3 is 9.16 Å². The molecule has 19 heavy (non-hydrogen) atoms. The summed E-state index contributed by atoms with van der Waals surface area (Å²) >= 11 is 0. The number of esters is 1. The van der Waals surface area contributed by atoms with Crippen LogP contribution in [0.1, 0.15) is 37.5 Å². The monoisotopic (exact) mass is 278 g/mol. The molecule has 4 heteroatoms. The van der Waals surface area contributed by atoms with E-state index in [9.17, 15) is 4.79 Å². The van der Waals surface area contributed by atoms with Gasteiger partial charge >= 0.3 is 5.97 Å². The highest BCUT2D eigenvalue weighted by Gasteiger charge is 2.17. The maximum absolute atomic E-state index is 11.4. The minimum Gasteiger partial charge on any atom is -0.454 e. The molecule has 0 aliphatic heterocycles. The van der Waals surface area contributed by atoms with Crippen LogP contribution < -0.4 is 0 Å². The molecule has 0 fully saturated rings. The summed E-state index contributed by atoms with van der Waals surface area (Å²) in [6.07, 6.45) is 2.76. The molecular formula is C15H22O3Si. The lowest BCUT2D eigenvalue weighted by molar-refractivity contribution is -0.143. The van der Waals surface area contributed by atoms with E-state index in [1.54, 1.807) is 0 Å². The fraction of sp³-hybridized carbons (Fsp3) is 0.400. The first-order valence-corrected chi connectivity index (χ1v) is 7.37. The lowest BCUT2D eigenvalue weighted by Gasteiger charge is -2.20. The van der Waals surface area contributed by atoms with Gasteiger partial charge in [0.05, 0.1) is 0 Å². The average Bonchev–Trinajstić information content (AvgIpc) is 2.45. The van der Waals surface area contributed by atoms with Crippen molar-refractivity contribution < 1.29 is 14.0 Å². The summed E-state index contributed by atoms with van der Waals surface area (Å²) < 4.78 is 10.8. The fourth-order valence-electron chi connectivity index (χ4n) is 1.98. The predicted octanol–water partition coefficient (Wildman–Crippen LogP) is 2.09. The summed E-state index contributed by atoms with van der Waals surface area (Å²) in [6.45, 7) is 7.50. The first-order valence-electron chi connectivity index (χ1n) is 6.56. The SMILES string of the molecule is C=CC(=O)OC(CC)c1ccccc1CC(C)O[SiH3]. The van der Waals surface area contributed by atoms with Crippen LogP contribution in [0.3, 0.4) is 0 Å². The standard InChI is InChI=1S/C15H22O3Si/c1-4-14(17-15(16)5-2)13-9-7-6-8-12(13)10-11(3)18-19/h5-9,11,14H,2,4,10H2,1,3,19H3. The van der Waals surface area contributed by atoms with E-state index in [-0.39, 0.29) is 18.2 Å². The van der Waals surface area contributed by atoms with Gasteiger partial charge in [0, 0.05) is 12.2 Å². The van der Waals surface area contributed by atoms with Crippen molar-refractivity contribution in [2.24, 2.45) is 0 Å². The molecule has 0 saturated carbocycles. The Kier molecular flexibility index (Phi) is 6.52. The van der Waals surface area contributed by atoms with Gasteiger partial charge in [0.15, 0.2) is 0 Å². The highest BCUT2D eigenvalue weighted by molar-refractivity contribution is 5.98. The van der Waals surface area contributed by atoms with Crippen LogP contribution in [0, 0.1) is 0 Å². The molecule has 2 unspecified atom stereocenters. The molecule has 0 aromatic heterocycles.